The predicted molar refractivity (Wildman–Crippen MR) is 132 cm³/mol. The van der Waals surface area contributed by atoms with E-state index in [9.17, 15) is 17.9 Å². The molecule has 4 N–H and O–H groups in total. The molecule has 0 radical (unpaired) electrons. The van der Waals surface area contributed by atoms with Crippen molar-refractivity contribution in [3.8, 4) is 22.5 Å². The van der Waals surface area contributed by atoms with Gasteiger partial charge in [0.2, 0.25) is 10.0 Å². The van der Waals surface area contributed by atoms with Crippen molar-refractivity contribution < 1.29 is 17.9 Å². The molecule has 0 spiro atoms. The molecule has 35 heavy (non-hydrogen) atoms. The molecule has 0 saturated heterocycles. The van der Waals surface area contributed by atoms with Gasteiger partial charge in [-0.05, 0) is 62.4 Å². The number of nitrogen functional groups attached to an aromatic ring is 1. The summed E-state index contributed by atoms with van der Waals surface area (Å²) < 4.78 is 44.9. The van der Waals surface area contributed by atoms with Crippen LogP contribution in [-0.2, 0) is 10.0 Å². The lowest BCUT2D eigenvalue weighted by atomic mass is 9.94. The molecule has 0 unspecified atom stereocenters. The van der Waals surface area contributed by atoms with Gasteiger partial charge in [0.25, 0.3) is 0 Å². The first-order valence-electron chi connectivity index (χ1n) is 11.4. The number of imidazole rings is 1. The third-order valence-corrected chi connectivity index (χ3v) is 7.95. The number of aryl methyl sites for hydroxylation is 1. The summed E-state index contributed by atoms with van der Waals surface area (Å²) >= 11 is 0. The number of halogens is 1. The van der Waals surface area contributed by atoms with E-state index < -0.39 is 15.8 Å². The third kappa shape index (κ3) is 4.64. The van der Waals surface area contributed by atoms with Crippen LogP contribution in [0.25, 0.3) is 28.2 Å². The van der Waals surface area contributed by atoms with Crippen molar-refractivity contribution in [2.24, 2.45) is 0 Å². The zero-order valence-electron chi connectivity index (χ0n) is 19.1. The van der Waals surface area contributed by atoms with Gasteiger partial charge in [0.15, 0.2) is 11.5 Å². The summed E-state index contributed by atoms with van der Waals surface area (Å²) in [6, 6.07) is 11.0. The second-order valence-corrected chi connectivity index (χ2v) is 10.7. The Kier molecular flexibility index (Phi) is 6.04. The van der Waals surface area contributed by atoms with Crippen LogP contribution in [0.4, 0.5) is 10.2 Å². The molecule has 4 aromatic rings. The van der Waals surface area contributed by atoms with Crippen molar-refractivity contribution in [2.75, 3.05) is 5.73 Å². The van der Waals surface area contributed by atoms with Crippen molar-refractivity contribution >= 4 is 21.5 Å². The van der Waals surface area contributed by atoms with Gasteiger partial charge in [-0.1, -0.05) is 18.2 Å². The molecule has 0 atom stereocenters. The van der Waals surface area contributed by atoms with Gasteiger partial charge in [-0.15, -0.1) is 0 Å². The second kappa shape index (κ2) is 9.03. The van der Waals surface area contributed by atoms with Crippen LogP contribution in [0.5, 0.6) is 0 Å². The first-order valence-corrected chi connectivity index (χ1v) is 12.9. The van der Waals surface area contributed by atoms with Crippen molar-refractivity contribution in [1.82, 2.24) is 19.1 Å². The molecule has 0 bridgehead atoms. The van der Waals surface area contributed by atoms with Gasteiger partial charge in [-0.3, -0.25) is 0 Å². The van der Waals surface area contributed by atoms with Crippen LogP contribution < -0.4 is 10.5 Å². The van der Waals surface area contributed by atoms with E-state index in [0.717, 1.165) is 5.56 Å². The summed E-state index contributed by atoms with van der Waals surface area (Å²) in [5.41, 5.74) is 9.24. The summed E-state index contributed by atoms with van der Waals surface area (Å²) in [7, 11) is -3.76. The lowest BCUT2D eigenvalue weighted by Crippen LogP contribution is -2.38. The van der Waals surface area contributed by atoms with Gasteiger partial charge in [0.05, 0.1) is 22.4 Å². The lowest BCUT2D eigenvalue weighted by Gasteiger charge is -2.26. The lowest BCUT2D eigenvalue weighted by molar-refractivity contribution is 0.120. The molecule has 2 aromatic carbocycles. The first-order chi connectivity index (χ1) is 16.7. The number of sulfonamides is 1. The first kappa shape index (κ1) is 23.4. The topological polar surface area (TPSA) is 123 Å². The molecule has 0 amide bonds. The molecule has 1 fully saturated rings. The molecule has 2 heterocycles. The van der Waals surface area contributed by atoms with E-state index >= 15 is 0 Å². The summed E-state index contributed by atoms with van der Waals surface area (Å²) in [5, 5.41) is 9.69. The van der Waals surface area contributed by atoms with Gasteiger partial charge in [0.1, 0.15) is 5.82 Å². The predicted octanol–water partition coefficient (Wildman–Crippen LogP) is 3.67. The van der Waals surface area contributed by atoms with Gasteiger partial charge >= 0.3 is 0 Å². The maximum absolute atomic E-state index is 14.3. The SMILES string of the molecule is Cc1ccc(S(=O)(=O)N[C@H]2CC[C@H](O)CC2)cc1-c1cn2cc(-c3ccccc3F)nc(N)c2n1. The van der Waals surface area contributed by atoms with Crippen molar-refractivity contribution in [1.29, 1.82) is 0 Å². The number of hydrogen-bond donors (Lipinski definition) is 3. The Hall–Kier alpha value is -3.34. The van der Waals surface area contributed by atoms with Crippen molar-refractivity contribution in [2.45, 2.75) is 49.6 Å². The number of nitrogens with one attached hydrogen (secondary N) is 1. The van der Waals surface area contributed by atoms with Crippen LogP contribution in [0.1, 0.15) is 31.2 Å². The van der Waals surface area contributed by atoms with E-state index in [0.29, 0.717) is 53.8 Å². The summed E-state index contributed by atoms with van der Waals surface area (Å²) in [6.45, 7) is 1.87. The Bertz CT molecular complexity index is 1510. The van der Waals surface area contributed by atoms with Crippen LogP contribution in [0.15, 0.2) is 59.8 Å². The molecule has 0 aliphatic heterocycles. The molecule has 182 valence electrons. The van der Waals surface area contributed by atoms with E-state index in [1.165, 1.54) is 6.07 Å². The molecule has 1 aliphatic rings. The number of nitrogens with two attached hydrogens (primary N) is 1. The van der Waals surface area contributed by atoms with E-state index in [4.69, 9.17) is 5.73 Å². The highest BCUT2D eigenvalue weighted by Crippen LogP contribution is 2.30. The molecular formula is C25H26FN5O3S. The normalized spacial score (nSPS) is 18.7. The largest absolute Gasteiger partial charge is 0.393 e. The van der Waals surface area contributed by atoms with E-state index in [1.807, 2.05) is 6.92 Å². The minimum absolute atomic E-state index is 0.138. The Morgan fingerprint density at radius 3 is 2.43 bits per heavy atom. The monoisotopic (exact) mass is 495 g/mol. The molecule has 10 heteroatoms. The number of fused-ring (bicyclic) bond motifs is 1. The smallest absolute Gasteiger partial charge is 0.240 e. The summed E-state index contributed by atoms with van der Waals surface area (Å²) in [6.07, 6.45) is 5.37. The number of aromatic nitrogens is 3. The number of benzene rings is 2. The minimum Gasteiger partial charge on any atom is -0.393 e. The summed E-state index contributed by atoms with van der Waals surface area (Å²) in [4.78, 5) is 9.04. The molecule has 1 saturated carbocycles. The van der Waals surface area contributed by atoms with Gasteiger partial charge in [0, 0.05) is 29.6 Å². The number of nitrogens with zero attached hydrogens (tertiary/aromatic N) is 3. The highest BCUT2D eigenvalue weighted by molar-refractivity contribution is 7.89. The molecular weight excluding hydrogens is 469 g/mol. The van der Waals surface area contributed by atoms with E-state index in [2.05, 4.69) is 14.7 Å². The van der Waals surface area contributed by atoms with Crippen LogP contribution in [-0.4, -0.2) is 40.0 Å². The van der Waals surface area contributed by atoms with E-state index in [-0.39, 0.29) is 22.9 Å². The fourth-order valence-electron chi connectivity index (χ4n) is 4.48. The maximum atomic E-state index is 14.3. The average Bonchev–Trinajstić information content (AvgIpc) is 3.25. The molecule has 1 aliphatic carbocycles. The number of aliphatic hydroxyl groups excluding tert-OH is 1. The Balaban J connectivity index is 1.50. The van der Waals surface area contributed by atoms with Gasteiger partial charge in [-0.2, -0.15) is 0 Å². The molecule has 5 rings (SSSR count). The zero-order chi connectivity index (χ0) is 24.7. The minimum atomic E-state index is -3.76. The average molecular weight is 496 g/mol. The number of rotatable bonds is 5. The molecule has 2 aromatic heterocycles. The van der Waals surface area contributed by atoms with Crippen LogP contribution >= 0.6 is 0 Å². The van der Waals surface area contributed by atoms with Crippen molar-refractivity contribution in [3.05, 3.63) is 66.2 Å². The highest BCUT2D eigenvalue weighted by Gasteiger charge is 2.25. The Labute approximate surface area is 202 Å². The van der Waals surface area contributed by atoms with Crippen molar-refractivity contribution in [3.63, 3.8) is 0 Å². The highest BCUT2D eigenvalue weighted by atomic mass is 32.2. The van der Waals surface area contributed by atoms with Gasteiger partial charge < -0.3 is 15.2 Å². The fourth-order valence-corrected chi connectivity index (χ4v) is 5.81. The second-order valence-electron chi connectivity index (χ2n) is 8.95. The Morgan fingerprint density at radius 1 is 1.03 bits per heavy atom. The standard InChI is InChI=1S/C25H26FN5O3S/c1-15-6-11-18(35(33,34)30-16-7-9-17(32)10-8-16)12-20(15)23-14-31-13-22(28-24(27)25(31)29-23)19-4-2-3-5-21(19)26/h2-6,11-14,16-17,30,32H,7-10H2,1H3,(H2,27,28)/t16-,17-. The summed E-state index contributed by atoms with van der Waals surface area (Å²) in [5.74, 6) is -0.271. The fraction of sp³-hybridized carbons (Fsp3) is 0.280. The van der Waals surface area contributed by atoms with Crippen LogP contribution in [0.3, 0.4) is 0 Å². The van der Waals surface area contributed by atoms with Crippen LogP contribution in [0, 0.1) is 12.7 Å². The van der Waals surface area contributed by atoms with E-state index in [1.54, 1.807) is 53.2 Å². The molecule has 8 nitrogen and oxygen atoms in total. The van der Waals surface area contributed by atoms with Gasteiger partial charge in [-0.25, -0.2) is 27.5 Å². The number of hydrogen-bond acceptors (Lipinski definition) is 6. The quantitative estimate of drug-likeness (QED) is 0.388. The zero-order valence-corrected chi connectivity index (χ0v) is 20.0. The Morgan fingerprint density at radius 2 is 1.71 bits per heavy atom. The van der Waals surface area contributed by atoms with Crippen LogP contribution in [0.2, 0.25) is 0 Å². The maximum Gasteiger partial charge on any atom is 0.240 e. The number of anilines is 1. The third-order valence-electron chi connectivity index (χ3n) is 6.43. The number of aliphatic hydroxyl groups is 1.